The van der Waals surface area contributed by atoms with E-state index in [1.165, 1.54) is 6.92 Å². The topological polar surface area (TPSA) is 75.6 Å². The Morgan fingerprint density at radius 1 is 1.29 bits per heavy atom. The molecule has 0 heterocycles. The number of amides is 1. The van der Waals surface area contributed by atoms with Crippen molar-refractivity contribution < 1.29 is 19.4 Å². The number of carboxylic acid groups (broad SMARTS) is 1. The Bertz CT molecular complexity index is 244. The largest absolute Gasteiger partial charge is 0.479 e. The van der Waals surface area contributed by atoms with Gasteiger partial charge in [-0.15, -0.1) is 0 Å². The molecule has 5 nitrogen and oxygen atoms in total. The number of alkyl carbamates (subject to hydrolysis) is 1. The lowest BCUT2D eigenvalue weighted by Crippen LogP contribution is -2.48. The second-order valence-corrected chi connectivity index (χ2v) is 6.09. The molecule has 0 fully saturated rings. The SMILES string of the molecule is CC(C)(C)OC(=O)N[C@](C)(I)C(=O)O. The number of carbonyl (C=O) groups is 2. The molecule has 0 unspecified atom stereocenters. The molecule has 0 radical (unpaired) electrons. The van der Waals surface area contributed by atoms with Crippen molar-refractivity contribution in [1.29, 1.82) is 0 Å². The number of alkyl halides is 1. The molecule has 0 aliphatic heterocycles. The molecule has 0 spiro atoms. The van der Waals surface area contributed by atoms with E-state index < -0.39 is 21.2 Å². The highest BCUT2D eigenvalue weighted by Gasteiger charge is 2.33. The molecular weight excluding hydrogens is 301 g/mol. The van der Waals surface area contributed by atoms with Crippen molar-refractivity contribution in [3.8, 4) is 0 Å². The van der Waals surface area contributed by atoms with Crippen molar-refractivity contribution in [1.82, 2.24) is 5.32 Å². The van der Waals surface area contributed by atoms with E-state index in [1.54, 1.807) is 43.4 Å². The summed E-state index contributed by atoms with van der Waals surface area (Å²) < 4.78 is 3.56. The maximum atomic E-state index is 11.2. The molecule has 0 saturated carbocycles. The lowest BCUT2D eigenvalue weighted by Gasteiger charge is -2.24. The number of rotatable bonds is 2. The number of nitrogens with one attached hydrogen (secondary N) is 1. The van der Waals surface area contributed by atoms with E-state index in [2.05, 4.69) is 5.32 Å². The van der Waals surface area contributed by atoms with Gasteiger partial charge in [-0.2, -0.15) is 0 Å². The summed E-state index contributed by atoms with van der Waals surface area (Å²) >= 11 is 1.62. The monoisotopic (exact) mass is 315 g/mol. The van der Waals surface area contributed by atoms with E-state index in [-0.39, 0.29) is 0 Å². The van der Waals surface area contributed by atoms with Crippen molar-refractivity contribution in [2.45, 2.75) is 36.8 Å². The number of ether oxygens (including phenoxy) is 1. The Balaban J connectivity index is 4.27. The summed E-state index contributed by atoms with van der Waals surface area (Å²) in [7, 11) is 0. The Morgan fingerprint density at radius 2 is 1.71 bits per heavy atom. The smallest absolute Gasteiger partial charge is 0.409 e. The van der Waals surface area contributed by atoms with Gasteiger partial charge in [0.25, 0.3) is 0 Å². The van der Waals surface area contributed by atoms with E-state index in [4.69, 9.17) is 9.84 Å². The maximum absolute atomic E-state index is 11.2. The zero-order valence-corrected chi connectivity index (χ0v) is 10.7. The number of hydrogen-bond acceptors (Lipinski definition) is 3. The van der Waals surface area contributed by atoms with Crippen LogP contribution in [0.15, 0.2) is 0 Å². The zero-order valence-electron chi connectivity index (χ0n) is 8.55. The molecule has 1 atom stereocenters. The van der Waals surface area contributed by atoms with Crippen molar-refractivity contribution in [3.63, 3.8) is 0 Å². The summed E-state index contributed by atoms with van der Waals surface area (Å²) in [6.45, 7) is 6.49. The number of hydrogen-bond donors (Lipinski definition) is 2. The van der Waals surface area contributed by atoms with Crippen LogP contribution in [-0.4, -0.2) is 26.3 Å². The van der Waals surface area contributed by atoms with Crippen molar-refractivity contribution >= 4 is 34.7 Å². The Morgan fingerprint density at radius 3 is 2.00 bits per heavy atom. The Kier molecular flexibility index (Phi) is 4.16. The average molecular weight is 315 g/mol. The summed E-state index contributed by atoms with van der Waals surface area (Å²) in [5.74, 6) is -1.12. The van der Waals surface area contributed by atoms with Crippen LogP contribution in [-0.2, 0) is 9.53 Å². The van der Waals surface area contributed by atoms with E-state index >= 15 is 0 Å². The first-order valence-corrected chi connectivity index (χ1v) is 5.06. The molecule has 82 valence electrons. The fraction of sp³-hybridized carbons (Fsp3) is 0.750. The van der Waals surface area contributed by atoms with Gasteiger partial charge in [-0.25, -0.2) is 9.59 Å². The lowest BCUT2D eigenvalue weighted by atomic mass is 10.2. The van der Waals surface area contributed by atoms with E-state index in [9.17, 15) is 9.59 Å². The van der Waals surface area contributed by atoms with Crippen LogP contribution in [0.5, 0.6) is 0 Å². The van der Waals surface area contributed by atoms with Gasteiger partial charge in [0.15, 0.2) is 3.55 Å². The molecule has 14 heavy (non-hydrogen) atoms. The standard InChI is InChI=1S/C8H14INO4/c1-7(2,3)14-6(13)10-8(4,9)5(11)12/h1-4H3,(H,10,13)(H,11,12)/t8-/m0/s1. The minimum atomic E-state index is -1.35. The van der Waals surface area contributed by atoms with Gasteiger partial charge in [0, 0.05) is 0 Å². The second kappa shape index (κ2) is 4.33. The third-order valence-electron chi connectivity index (χ3n) is 1.14. The van der Waals surface area contributed by atoms with Gasteiger partial charge in [0.1, 0.15) is 5.60 Å². The third kappa shape index (κ3) is 5.25. The Labute approximate surface area is 96.3 Å². The molecule has 0 aromatic rings. The van der Waals surface area contributed by atoms with Crippen molar-refractivity contribution in [3.05, 3.63) is 0 Å². The Hall–Kier alpha value is -0.530. The molecule has 0 aromatic carbocycles. The van der Waals surface area contributed by atoms with E-state index in [0.29, 0.717) is 0 Å². The van der Waals surface area contributed by atoms with Gasteiger partial charge < -0.3 is 9.84 Å². The normalized spacial score (nSPS) is 15.5. The first-order chi connectivity index (χ1) is 6.04. The molecule has 0 aromatic heterocycles. The van der Waals surface area contributed by atoms with Crippen LogP contribution in [0.1, 0.15) is 27.7 Å². The molecule has 0 rings (SSSR count). The highest BCUT2D eigenvalue weighted by atomic mass is 127. The summed E-state index contributed by atoms with van der Waals surface area (Å²) in [6.07, 6.45) is -0.739. The van der Waals surface area contributed by atoms with Crippen molar-refractivity contribution in [2.75, 3.05) is 0 Å². The quantitative estimate of drug-likeness (QED) is 0.462. The number of halogens is 1. The molecule has 2 N–H and O–H groups in total. The van der Waals surface area contributed by atoms with Crippen LogP contribution in [0.3, 0.4) is 0 Å². The summed E-state index contributed by atoms with van der Waals surface area (Å²) in [5, 5.41) is 10.9. The fourth-order valence-corrected chi connectivity index (χ4v) is 0.769. The van der Waals surface area contributed by atoms with Gasteiger partial charge in [0.2, 0.25) is 0 Å². The van der Waals surface area contributed by atoms with Crippen LogP contribution in [0, 0.1) is 0 Å². The van der Waals surface area contributed by atoms with Gasteiger partial charge >= 0.3 is 12.1 Å². The lowest BCUT2D eigenvalue weighted by molar-refractivity contribution is -0.139. The summed E-state index contributed by atoms with van der Waals surface area (Å²) in [4.78, 5) is 21.8. The first kappa shape index (κ1) is 13.5. The average Bonchev–Trinajstić information content (AvgIpc) is 1.79. The van der Waals surface area contributed by atoms with E-state index in [1.807, 2.05) is 0 Å². The fourth-order valence-electron chi connectivity index (χ4n) is 0.549. The van der Waals surface area contributed by atoms with E-state index in [0.717, 1.165) is 0 Å². The second-order valence-electron chi connectivity index (χ2n) is 3.94. The van der Waals surface area contributed by atoms with Gasteiger partial charge in [-0.3, -0.25) is 5.32 Å². The van der Waals surface area contributed by atoms with Crippen LogP contribution in [0.4, 0.5) is 4.79 Å². The molecule has 0 saturated heterocycles. The van der Waals surface area contributed by atoms with Gasteiger partial charge in [-0.05, 0) is 50.3 Å². The third-order valence-corrected chi connectivity index (χ3v) is 1.87. The number of aliphatic carboxylic acids is 1. The molecular formula is C8H14INO4. The van der Waals surface area contributed by atoms with Crippen molar-refractivity contribution in [2.24, 2.45) is 0 Å². The minimum Gasteiger partial charge on any atom is -0.479 e. The highest BCUT2D eigenvalue weighted by molar-refractivity contribution is 14.1. The molecule has 0 aliphatic carbocycles. The first-order valence-electron chi connectivity index (χ1n) is 3.98. The van der Waals surface area contributed by atoms with Crippen LogP contribution < -0.4 is 5.32 Å². The predicted octanol–water partition coefficient (Wildman–Crippen LogP) is 1.75. The summed E-state index contributed by atoms with van der Waals surface area (Å²) in [5.41, 5.74) is -0.630. The van der Waals surface area contributed by atoms with Gasteiger partial charge in [-0.1, -0.05) is 0 Å². The maximum Gasteiger partial charge on any atom is 0.409 e. The molecule has 0 aliphatic rings. The van der Waals surface area contributed by atoms with Crippen LogP contribution >= 0.6 is 22.6 Å². The number of carboxylic acids is 1. The minimum absolute atomic E-state index is 0.630. The summed E-state index contributed by atoms with van der Waals surface area (Å²) in [6, 6.07) is 0. The molecule has 0 bridgehead atoms. The van der Waals surface area contributed by atoms with Crippen LogP contribution in [0.25, 0.3) is 0 Å². The van der Waals surface area contributed by atoms with Crippen LogP contribution in [0.2, 0.25) is 0 Å². The zero-order chi connectivity index (χ0) is 11.6. The van der Waals surface area contributed by atoms with Gasteiger partial charge in [0.05, 0.1) is 0 Å². The molecule has 6 heteroatoms. The molecule has 1 amide bonds. The predicted molar refractivity (Wildman–Crippen MR) is 59.4 cm³/mol. The highest BCUT2D eigenvalue weighted by Crippen LogP contribution is 2.15. The number of carbonyl (C=O) groups excluding carboxylic acids is 1.